The molecule has 7 heteroatoms. The van der Waals surface area contributed by atoms with Crippen molar-refractivity contribution in [1.29, 1.82) is 0 Å². The van der Waals surface area contributed by atoms with Crippen molar-refractivity contribution in [2.75, 3.05) is 7.05 Å². The maximum Gasteiger partial charge on any atom is 0.355 e. The van der Waals surface area contributed by atoms with E-state index in [2.05, 4.69) is 4.98 Å². The molecule has 1 aromatic carbocycles. The van der Waals surface area contributed by atoms with Gasteiger partial charge in [0.1, 0.15) is 0 Å². The highest BCUT2D eigenvalue weighted by Gasteiger charge is 2.23. The van der Waals surface area contributed by atoms with Gasteiger partial charge in [0.2, 0.25) is 0 Å². The lowest BCUT2D eigenvalue weighted by Gasteiger charge is -2.25. The van der Waals surface area contributed by atoms with Crippen LogP contribution in [-0.2, 0) is 0 Å². The summed E-state index contributed by atoms with van der Waals surface area (Å²) < 4.78 is 0. The molecule has 1 heterocycles. The molecule has 1 aromatic heterocycles. The molecule has 1 amide bonds. The maximum atomic E-state index is 12.3. The highest BCUT2D eigenvalue weighted by molar-refractivity contribution is 7.11. The summed E-state index contributed by atoms with van der Waals surface area (Å²) in [6.45, 7) is 1.85. The zero-order chi connectivity index (χ0) is 15.6. The number of carbonyl (C=O) groups excluding carboxylic acids is 1. The first-order valence-electron chi connectivity index (χ1n) is 6.12. The molecule has 0 aliphatic rings. The summed E-state index contributed by atoms with van der Waals surface area (Å²) in [6.07, 6.45) is 0. The molecule has 110 valence electrons. The zero-order valence-corrected chi connectivity index (χ0v) is 13.0. The van der Waals surface area contributed by atoms with E-state index in [-0.39, 0.29) is 22.7 Å². The van der Waals surface area contributed by atoms with E-state index < -0.39 is 5.97 Å². The van der Waals surface area contributed by atoms with E-state index in [1.807, 2.05) is 25.1 Å². The van der Waals surface area contributed by atoms with E-state index in [1.165, 1.54) is 10.3 Å². The molecular formula is C14H13ClN2O3S. The van der Waals surface area contributed by atoms with Crippen molar-refractivity contribution in [2.45, 2.75) is 13.0 Å². The number of carboxylic acids is 1. The first-order chi connectivity index (χ1) is 9.91. The van der Waals surface area contributed by atoms with Gasteiger partial charge in [0.25, 0.3) is 5.91 Å². The van der Waals surface area contributed by atoms with E-state index in [0.29, 0.717) is 5.02 Å². The summed E-state index contributed by atoms with van der Waals surface area (Å²) in [5, 5.41) is 10.9. The molecule has 0 fully saturated rings. The van der Waals surface area contributed by atoms with Gasteiger partial charge in [0, 0.05) is 17.5 Å². The van der Waals surface area contributed by atoms with E-state index in [9.17, 15) is 9.59 Å². The van der Waals surface area contributed by atoms with Gasteiger partial charge in [-0.05, 0) is 18.6 Å². The van der Waals surface area contributed by atoms with E-state index in [0.717, 1.165) is 16.9 Å². The number of benzene rings is 1. The summed E-state index contributed by atoms with van der Waals surface area (Å²) in [4.78, 5) is 28.5. The molecule has 0 aliphatic carbocycles. The first kappa shape index (κ1) is 15.5. The van der Waals surface area contributed by atoms with E-state index in [1.54, 1.807) is 13.1 Å². The van der Waals surface area contributed by atoms with E-state index >= 15 is 0 Å². The third kappa shape index (κ3) is 3.22. The summed E-state index contributed by atoms with van der Waals surface area (Å²) >= 11 is 7.15. The molecule has 2 rings (SSSR count). The smallest absolute Gasteiger partial charge is 0.355 e. The summed E-state index contributed by atoms with van der Waals surface area (Å²) in [5.41, 5.74) is 0.701. The van der Waals surface area contributed by atoms with Crippen molar-refractivity contribution in [3.8, 4) is 0 Å². The fourth-order valence-corrected chi connectivity index (χ4v) is 2.89. The molecule has 5 nitrogen and oxygen atoms in total. The van der Waals surface area contributed by atoms with Crippen LogP contribution in [0.25, 0.3) is 0 Å². The Morgan fingerprint density at radius 3 is 2.62 bits per heavy atom. The van der Waals surface area contributed by atoms with Gasteiger partial charge in [0.05, 0.1) is 6.04 Å². The first-order valence-corrected chi connectivity index (χ1v) is 7.38. The molecule has 0 bridgehead atoms. The van der Waals surface area contributed by atoms with Crippen LogP contribution in [0.2, 0.25) is 5.02 Å². The second kappa shape index (κ2) is 6.24. The van der Waals surface area contributed by atoms with Gasteiger partial charge in [0.15, 0.2) is 10.7 Å². The lowest BCUT2D eigenvalue weighted by atomic mass is 10.1. The lowest BCUT2D eigenvalue weighted by Crippen LogP contribution is -2.29. The number of hydrogen-bond donors (Lipinski definition) is 1. The number of thiazole rings is 1. The number of carboxylic acid groups (broad SMARTS) is 1. The Bertz CT molecular complexity index is 686. The lowest BCUT2D eigenvalue weighted by molar-refractivity contribution is 0.0691. The van der Waals surface area contributed by atoms with Crippen LogP contribution in [0.3, 0.4) is 0 Å². The second-order valence-corrected chi connectivity index (χ2v) is 5.72. The number of nitrogens with zero attached hydrogens (tertiary/aromatic N) is 2. The topological polar surface area (TPSA) is 70.5 Å². The normalized spacial score (nSPS) is 12.0. The minimum atomic E-state index is -1.15. The van der Waals surface area contributed by atoms with Crippen LogP contribution in [0.15, 0.2) is 29.6 Å². The Morgan fingerprint density at radius 1 is 1.38 bits per heavy atom. The van der Waals surface area contributed by atoms with Crippen LogP contribution in [0.1, 0.15) is 38.8 Å². The Kier molecular flexibility index (Phi) is 4.59. The van der Waals surface area contributed by atoms with Crippen molar-refractivity contribution in [3.05, 3.63) is 50.9 Å². The molecule has 1 atom stereocenters. The Balaban J connectivity index is 2.22. The van der Waals surface area contributed by atoms with Crippen LogP contribution in [0.4, 0.5) is 0 Å². The van der Waals surface area contributed by atoms with E-state index in [4.69, 9.17) is 16.7 Å². The van der Waals surface area contributed by atoms with Crippen molar-refractivity contribution in [1.82, 2.24) is 9.88 Å². The minimum absolute atomic E-state index is 0.123. The molecule has 2 aromatic rings. The van der Waals surface area contributed by atoms with Crippen molar-refractivity contribution in [2.24, 2.45) is 0 Å². The van der Waals surface area contributed by atoms with Gasteiger partial charge < -0.3 is 10.0 Å². The molecular weight excluding hydrogens is 312 g/mol. The Hall–Kier alpha value is -1.92. The molecule has 21 heavy (non-hydrogen) atoms. The highest BCUT2D eigenvalue weighted by atomic mass is 35.5. The molecule has 1 N–H and O–H groups in total. The fourth-order valence-electron chi connectivity index (χ4n) is 1.82. The molecule has 0 radical (unpaired) electrons. The summed E-state index contributed by atoms with van der Waals surface area (Å²) in [7, 11) is 1.64. The Labute approximate surface area is 130 Å². The predicted molar refractivity (Wildman–Crippen MR) is 81.0 cm³/mol. The standard InChI is InChI=1S/C14H13ClN2O3S/c1-8(9-5-3-4-6-10(9)15)17(2)13(18)12-16-11(7-21-12)14(19)20/h3-8H,1-2H3,(H,19,20). The number of halogens is 1. The molecule has 0 spiro atoms. The predicted octanol–water partition coefficient (Wildman–Crippen LogP) is 3.33. The van der Waals surface area contributed by atoms with Crippen LogP contribution in [-0.4, -0.2) is 33.9 Å². The van der Waals surface area contributed by atoms with Crippen LogP contribution >= 0.6 is 22.9 Å². The third-order valence-electron chi connectivity index (χ3n) is 3.16. The fraction of sp³-hybridized carbons (Fsp3) is 0.214. The van der Waals surface area contributed by atoms with Crippen molar-refractivity contribution in [3.63, 3.8) is 0 Å². The van der Waals surface area contributed by atoms with Gasteiger partial charge in [-0.2, -0.15) is 0 Å². The average Bonchev–Trinajstić information content (AvgIpc) is 2.95. The SMILES string of the molecule is CC(c1ccccc1Cl)N(C)C(=O)c1nc(C(=O)O)cs1. The average molecular weight is 325 g/mol. The monoisotopic (exact) mass is 324 g/mol. The van der Waals surface area contributed by atoms with Crippen LogP contribution in [0.5, 0.6) is 0 Å². The number of aromatic carboxylic acids is 1. The largest absolute Gasteiger partial charge is 0.476 e. The highest BCUT2D eigenvalue weighted by Crippen LogP contribution is 2.27. The molecule has 1 unspecified atom stereocenters. The maximum absolute atomic E-state index is 12.3. The minimum Gasteiger partial charge on any atom is -0.476 e. The number of hydrogen-bond acceptors (Lipinski definition) is 4. The third-order valence-corrected chi connectivity index (χ3v) is 4.34. The van der Waals surface area contributed by atoms with Gasteiger partial charge in [-0.15, -0.1) is 11.3 Å². The molecule has 0 saturated carbocycles. The Morgan fingerprint density at radius 2 is 2.05 bits per heavy atom. The van der Waals surface area contributed by atoms with Crippen LogP contribution in [0, 0.1) is 0 Å². The van der Waals surface area contributed by atoms with Gasteiger partial charge in [-0.3, -0.25) is 4.79 Å². The van der Waals surface area contributed by atoms with Gasteiger partial charge >= 0.3 is 5.97 Å². The van der Waals surface area contributed by atoms with Crippen molar-refractivity contribution < 1.29 is 14.7 Å². The zero-order valence-electron chi connectivity index (χ0n) is 11.4. The van der Waals surface area contributed by atoms with Crippen molar-refractivity contribution >= 4 is 34.8 Å². The van der Waals surface area contributed by atoms with Crippen LogP contribution < -0.4 is 0 Å². The number of aromatic nitrogens is 1. The quantitative estimate of drug-likeness (QED) is 0.936. The van der Waals surface area contributed by atoms with Gasteiger partial charge in [-0.1, -0.05) is 29.8 Å². The number of rotatable bonds is 4. The second-order valence-electron chi connectivity index (χ2n) is 4.46. The molecule has 0 aliphatic heterocycles. The number of amides is 1. The summed E-state index contributed by atoms with van der Waals surface area (Å²) in [5.74, 6) is -1.48. The molecule has 0 saturated heterocycles. The summed E-state index contributed by atoms with van der Waals surface area (Å²) in [6, 6.07) is 7.03. The van der Waals surface area contributed by atoms with Gasteiger partial charge in [-0.25, -0.2) is 9.78 Å². The number of carbonyl (C=O) groups is 2.